The molecule has 10 nitrogen and oxygen atoms in total. The molecule has 4 amide bonds. The molecule has 0 bridgehead atoms. The summed E-state index contributed by atoms with van der Waals surface area (Å²) in [7, 11) is 0. The lowest BCUT2D eigenvalue weighted by atomic mass is 10.1. The van der Waals surface area contributed by atoms with Gasteiger partial charge < -0.3 is 19.0 Å². The van der Waals surface area contributed by atoms with Crippen LogP contribution in [0.25, 0.3) is 6.08 Å². The van der Waals surface area contributed by atoms with Gasteiger partial charge in [0.05, 0.1) is 29.5 Å². The molecule has 0 saturated carbocycles. The Bertz CT molecular complexity index is 1380. The minimum atomic E-state index is -1.02. The lowest BCUT2D eigenvalue weighted by molar-refractivity contribution is -0.130. The first-order chi connectivity index (χ1) is 17.8. The number of amides is 4. The number of halogens is 1. The summed E-state index contributed by atoms with van der Waals surface area (Å²) in [4.78, 5) is 49.7. The topological polar surface area (TPSA) is 135 Å². The van der Waals surface area contributed by atoms with Crippen LogP contribution in [0.2, 0.25) is 0 Å². The van der Waals surface area contributed by atoms with Crippen LogP contribution in [0.5, 0.6) is 11.5 Å². The van der Waals surface area contributed by atoms with Crippen LogP contribution < -0.4 is 14.8 Å². The second kappa shape index (κ2) is 11.1. The molecule has 1 aliphatic heterocycles. The van der Waals surface area contributed by atoms with Crippen molar-refractivity contribution in [2.45, 2.75) is 20.1 Å². The average Bonchev–Trinajstić information content (AvgIpc) is 3.38. The number of hydrogen-bond acceptors (Lipinski definition) is 7. The van der Waals surface area contributed by atoms with Gasteiger partial charge in [-0.15, -0.1) is 0 Å². The van der Waals surface area contributed by atoms with Gasteiger partial charge in [-0.1, -0.05) is 12.1 Å². The first kappa shape index (κ1) is 25.7. The number of furan rings is 1. The first-order valence-electron chi connectivity index (χ1n) is 11.1. The van der Waals surface area contributed by atoms with E-state index >= 15 is 0 Å². The minimum absolute atomic E-state index is 0.129. The molecule has 1 aliphatic rings. The summed E-state index contributed by atoms with van der Waals surface area (Å²) in [5, 5.41) is 11.2. The van der Waals surface area contributed by atoms with Crippen LogP contribution in [0.4, 0.5) is 4.79 Å². The number of nitrogens with zero attached hydrogens (tertiary/aromatic N) is 1. The van der Waals surface area contributed by atoms with Crippen molar-refractivity contribution in [3.63, 3.8) is 0 Å². The van der Waals surface area contributed by atoms with Gasteiger partial charge in [-0.2, -0.15) is 0 Å². The number of ether oxygens (including phenoxy) is 2. The van der Waals surface area contributed by atoms with E-state index in [1.165, 1.54) is 24.5 Å². The number of carbonyl (C=O) groups excluding carboxylic acids is 3. The van der Waals surface area contributed by atoms with Crippen molar-refractivity contribution in [1.29, 1.82) is 0 Å². The molecular weight excluding hydrogens is 548 g/mol. The Labute approximate surface area is 219 Å². The molecular formula is C26H21BrN2O8. The SMILES string of the molecule is CCOc1cc(/C=C2\C(=O)NC(=O)N(Cc3ccco3)C2=O)cc(Br)c1OCc1ccc(C(=O)O)cc1. The van der Waals surface area contributed by atoms with Crippen LogP contribution >= 0.6 is 15.9 Å². The maximum atomic E-state index is 13.0. The Hall–Kier alpha value is -4.38. The predicted molar refractivity (Wildman–Crippen MR) is 134 cm³/mol. The number of imide groups is 2. The van der Waals surface area contributed by atoms with E-state index in [0.717, 1.165) is 10.5 Å². The van der Waals surface area contributed by atoms with E-state index < -0.39 is 23.8 Å². The second-order valence-electron chi connectivity index (χ2n) is 7.84. The fourth-order valence-electron chi connectivity index (χ4n) is 3.54. The highest BCUT2D eigenvalue weighted by molar-refractivity contribution is 9.10. The zero-order valence-electron chi connectivity index (χ0n) is 19.5. The van der Waals surface area contributed by atoms with Gasteiger partial charge in [-0.25, -0.2) is 9.59 Å². The van der Waals surface area contributed by atoms with E-state index in [2.05, 4.69) is 21.2 Å². The Balaban J connectivity index is 1.59. The monoisotopic (exact) mass is 568 g/mol. The molecule has 1 aromatic heterocycles. The third-order valence-electron chi connectivity index (χ3n) is 5.31. The molecule has 37 heavy (non-hydrogen) atoms. The van der Waals surface area contributed by atoms with Gasteiger partial charge in [-0.3, -0.25) is 19.8 Å². The summed E-state index contributed by atoms with van der Waals surface area (Å²) in [5.41, 5.74) is 1.14. The molecule has 2 heterocycles. The Morgan fingerprint density at radius 3 is 2.54 bits per heavy atom. The highest BCUT2D eigenvalue weighted by atomic mass is 79.9. The van der Waals surface area contributed by atoms with E-state index in [1.54, 1.807) is 43.3 Å². The van der Waals surface area contributed by atoms with Gasteiger partial charge >= 0.3 is 12.0 Å². The molecule has 2 aromatic carbocycles. The summed E-state index contributed by atoms with van der Waals surface area (Å²) < 4.78 is 17.4. The normalized spacial score (nSPS) is 14.6. The zero-order chi connectivity index (χ0) is 26.5. The summed E-state index contributed by atoms with van der Waals surface area (Å²) in [5.74, 6) is -1.46. The molecule has 1 saturated heterocycles. The van der Waals surface area contributed by atoms with E-state index in [9.17, 15) is 19.2 Å². The third-order valence-corrected chi connectivity index (χ3v) is 5.90. The van der Waals surface area contributed by atoms with Crippen molar-refractivity contribution in [2.75, 3.05) is 6.61 Å². The zero-order valence-corrected chi connectivity index (χ0v) is 21.1. The third kappa shape index (κ3) is 5.89. The second-order valence-corrected chi connectivity index (χ2v) is 8.70. The molecule has 0 radical (unpaired) electrons. The number of nitrogens with one attached hydrogen (secondary N) is 1. The van der Waals surface area contributed by atoms with Crippen LogP contribution in [-0.2, 0) is 22.7 Å². The fraction of sp³-hybridized carbons (Fsp3) is 0.154. The summed E-state index contributed by atoms with van der Waals surface area (Å²) >= 11 is 3.45. The summed E-state index contributed by atoms with van der Waals surface area (Å²) in [6, 6.07) is 11.9. The molecule has 0 aliphatic carbocycles. The summed E-state index contributed by atoms with van der Waals surface area (Å²) in [6.07, 6.45) is 2.78. The molecule has 0 unspecified atom stereocenters. The molecule has 11 heteroatoms. The number of barbiturate groups is 1. The number of urea groups is 1. The number of carbonyl (C=O) groups is 4. The van der Waals surface area contributed by atoms with Gasteiger partial charge in [0.15, 0.2) is 11.5 Å². The largest absolute Gasteiger partial charge is 0.490 e. The maximum absolute atomic E-state index is 13.0. The van der Waals surface area contributed by atoms with Crippen molar-refractivity contribution in [3.8, 4) is 11.5 Å². The van der Waals surface area contributed by atoms with E-state index in [0.29, 0.717) is 33.9 Å². The molecule has 1 fully saturated rings. The smallest absolute Gasteiger partial charge is 0.335 e. The van der Waals surface area contributed by atoms with Crippen LogP contribution in [-0.4, -0.2) is 40.4 Å². The standard InChI is InChI=1S/C26H21BrN2O8/c1-2-35-21-12-16(11-20(27)22(21)37-14-15-5-7-17(8-6-15)25(32)33)10-19-23(30)28-26(34)29(24(19)31)13-18-4-3-9-36-18/h3-12H,2,13-14H2,1H3,(H,32,33)(H,28,30,34)/b19-10+. The fourth-order valence-corrected chi connectivity index (χ4v) is 4.11. The highest BCUT2D eigenvalue weighted by Crippen LogP contribution is 2.38. The first-order valence-corrected chi connectivity index (χ1v) is 11.9. The van der Waals surface area contributed by atoms with Crippen LogP contribution in [0.1, 0.15) is 34.2 Å². The van der Waals surface area contributed by atoms with Gasteiger partial charge in [0, 0.05) is 0 Å². The Morgan fingerprint density at radius 2 is 1.89 bits per heavy atom. The van der Waals surface area contributed by atoms with Crippen molar-refractivity contribution in [3.05, 3.63) is 87.3 Å². The Morgan fingerprint density at radius 1 is 1.14 bits per heavy atom. The number of carboxylic acids is 1. The van der Waals surface area contributed by atoms with Gasteiger partial charge in [0.2, 0.25) is 0 Å². The number of benzene rings is 2. The van der Waals surface area contributed by atoms with Crippen LogP contribution in [0.15, 0.2) is 69.3 Å². The van der Waals surface area contributed by atoms with E-state index in [4.69, 9.17) is 19.0 Å². The van der Waals surface area contributed by atoms with Crippen LogP contribution in [0.3, 0.4) is 0 Å². The van der Waals surface area contributed by atoms with Crippen molar-refractivity contribution < 1.29 is 38.2 Å². The maximum Gasteiger partial charge on any atom is 0.335 e. The number of aromatic carboxylic acids is 1. The minimum Gasteiger partial charge on any atom is -0.490 e. The number of rotatable bonds is 9. The lowest BCUT2D eigenvalue weighted by Gasteiger charge is -2.25. The van der Waals surface area contributed by atoms with E-state index in [-0.39, 0.29) is 24.3 Å². The van der Waals surface area contributed by atoms with Crippen molar-refractivity contribution in [1.82, 2.24) is 10.2 Å². The molecule has 190 valence electrons. The average molecular weight is 569 g/mol. The predicted octanol–water partition coefficient (Wildman–Crippen LogP) is 4.38. The van der Waals surface area contributed by atoms with Gasteiger partial charge in [0.25, 0.3) is 11.8 Å². The number of hydrogen-bond donors (Lipinski definition) is 2. The Kier molecular flexibility index (Phi) is 7.73. The van der Waals surface area contributed by atoms with Crippen molar-refractivity contribution >= 4 is 45.8 Å². The quantitative estimate of drug-likeness (QED) is 0.286. The lowest BCUT2D eigenvalue weighted by Crippen LogP contribution is -2.53. The van der Waals surface area contributed by atoms with Crippen molar-refractivity contribution in [2.24, 2.45) is 0 Å². The molecule has 4 rings (SSSR count). The highest BCUT2D eigenvalue weighted by Gasteiger charge is 2.36. The van der Waals surface area contributed by atoms with Crippen LogP contribution in [0, 0.1) is 0 Å². The molecule has 3 aromatic rings. The van der Waals surface area contributed by atoms with E-state index in [1.807, 2.05) is 0 Å². The molecule has 0 atom stereocenters. The van der Waals surface area contributed by atoms with Gasteiger partial charge in [0.1, 0.15) is 17.9 Å². The summed E-state index contributed by atoms with van der Waals surface area (Å²) in [6.45, 7) is 2.13. The molecule has 2 N–H and O–H groups in total. The molecule has 0 spiro atoms. The van der Waals surface area contributed by atoms with Gasteiger partial charge in [-0.05, 0) is 76.5 Å². The number of carboxylic acid groups (broad SMARTS) is 1.